The van der Waals surface area contributed by atoms with Crippen LogP contribution in [0.25, 0.3) is 0 Å². The van der Waals surface area contributed by atoms with E-state index in [1.807, 2.05) is 19.9 Å². The molecule has 1 aromatic heterocycles. The highest BCUT2D eigenvalue weighted by atomic mass is 16.4. The summed E-state index contributed by atoms with van der Waals surface area (Å²) in [5.74, 6) is -0.480. The van der Waals surface area contributed by atoms with Crippen LogP contribution in [0.4, 0.5) is 5.82 Å². The predicted octanol–water partition coefficient (Wildman–Crippen LogP) is 2.32. The van der Waals surface area contributed by atoms with Gasteiger partial charge in [0.05, 0.1) is 11.6 Å². The van der Waals surface area contributed by atoms with Gasteiger partial charge in [0.2, 0.25) is 0 Å². The summed E-state index contributed by atoms with van der Waals surface area (Å²) in [6, 6.07) is 5.26. The van der Waals surface area contributed by atoms with Crippen molar-refractivity contribution in [1.29, 1.82) is 5.26 Å². The van der Waals surface area contributed by atoms with Crippen molar-refractivity contribution in [3.05, 3.63) is 23.4 Å². The van der Waals surface area contributed by atoms with Gasteiger partial charge in [-0.15, -0.1) is 0 Å². The number of carboxylic acids is 1. The van der Waals surface area contributed by atoms with E-state index in [1.165, 1.54) is 0 Å². The Morgan fingerprint density at radius 2 is 2.11 bits per heavy atom. The molecule has 0 saturated carbocycles. The van der Waals surface area contributed by atoms with Crippen molar-refractivity contribution in [2.75, 3.05) is 5.32 Å². The lowest BCUT2D eigenvalue weighted by molar-refractivity contribution is -0.142. The number of aromatic nitrogens is 1. The lowest BCUT2D eigenvalue weighted by atomic mass is 9.93. The molecule has 0 saturated heterocycles. The number of nitriles is 1. The second kappa shape index (κ2) is 5.50. The molecule has 2 N–H and O–H groups in total. The number of carboxylic acid groups (broad SMARTS) is 1. The quantitative estimate of drug-likeness (QED) is 0.833. The Morgan fingerprint density at radius 3 is 2.56 bits per heavy atom. The Bertz CT molecular complexity index is 487. The van der Waals surface area contributed by atoms with Gasteiger partial charge in [-0.1, -0.05) is 13.8 Å². The molecule has 0 aromatic carbocycles. The van der Waals surface area contributed by atoms with Gasteiger partial charge < -0.3 is 10.4 Å². The molecule has 0 bridgehead atoms. The SMILES string of the molecule is CCC(CC)(Nc1cc(C#N)cc(C)n1)C(=O)O. The number of hydrogen-bond donors (Lipinski definition) is 2. The standard InChI is InChI=1S/C13H17N3O2/c1-4-13(5-2,12(17)18)16-11-7-10(8-14)6-9(3)15-11/h6-7H,4-5H2,1-3H3,(H,15,16)(H,17,18). The highest BCUT2D eigenvalue weighted by Crippen LogP contribution is 2.22. The van der Waals surface area contributed by atoms with Gasteiger partial charge in [-0.25, -0.2) is 9.78 Å². The van der Waals surface area contributed by atoms with E-state index in [1.54, 1.807) is 19.1 Å². The van der Waals surface area contributed by atoms with Crippen LogP contribution in [0, 0.1) is 18.3 Å². The van der Waals surface area contributed by atoms with Crippen LogP contribution in [0.1, 0.15) is 37.9 Å². The van der Waals surface area contributed by atoms with Gasteiger partial charge >= 0.3 is 5.97 Å². The minimum atomic E-state index is -1.03. The van der Waals surface area contributed by atoms with Crippen molar-refractivity contribution in [1.82, 2.24) is 4.98 Å². The van der Waals surface area contributed by atoms with Crippen LogP contribution in [0.2, 0.25) is 0 Å². The van der Waals surface area contributed by atoms with Crippen LogP contribution < -0.4 is 5.32 Å². The van der Waals surface area contributed by atoms with Crippen molar-refractivity contribution >= 4 is 11.8 Å². The summed E-state index contributed by atoms with van der Waals surface area (Å²) in [6.07, 6.45) is 0.882. The van der Waals surface area contributed by atoms with Gasteiger partial charge in [-0.2, -0.15) is 5.26 Å². The van der Waals surface area contributed by atoms with Gasteiger partial charge in [-0.05, 0) is 31.9 Å². The summed E-state index contributed by atoms with van der Waals surface area (Å²) in [5, 5.41) is 21.2. The first-order valence-electron chi connectivity index (χ1n) is 5.87. The van der Waals surface area contributed by atoms with E-state index in [9.17, 15) is 9.90 Å². The normalized spacial score (nSPS) is 10.8. The Hall–Kier alpha value is -2.09. The smallest absolute Gasteiger partial charge is 0.329 e. The summed E-state index contributed by atoms with van der Waals surface area (Å²) < 4.78 is 0. The first-order chi connectivity index (χ1) is 8.47. The average Bonchev–Trinajstić information content (AvgIpc) is 2.35. The fourth-order valence-electron chi connectivity index (χ4n) is 1.82. The topological polar surface area (TPSA) is 86.0 Å². The summed E-state index contributed by atoms with van der Waals surface area (Å²) in [5.41, 5.74) is 0.118. The maximum absolute atomic E-state index is 11.4. The van der Waals surface area contributed by atoms with Crippen LogP contribution in [0.15, 0.2) is 12.1 Å². The van der Waals surface area contributed by atoms with Crippen LogP contribution in [0.3, 0.4) is 0 Å². The molecule has 96 valence electrons. The fourth-order valence-corrected chi connectivity index (χ4v) is 1.82. The number of aliphatic carboxylic acids is 1. The largest absolute Gasteiger partial charge is 0.480 e. The Labute approximate surface area is 106 Å². The number of aryl methyl sites for hydroxylation is 1. The van der Waals surface area contributed by atoms with E-state index in [2.05, 4.69) is 10.3 Å². The molecule has 0 spiro atoms. The van der Waals surface area contributed by atoms with E-state index in [-0.39, 0.29) is 0 Å². The maximum atomic E-state index is 11.4. The van der Waals surface area contributed by atoms with Crippen molar-refractivity contribution in [3.8, 4) is 6.07 Å². The Balaban J connectivity index is 3.13. The number of hydrogen-bond acceptors (Lipinski definition) is 4. The molecule has 0 atom stereocenters. The van der Waals surface area contributed by atoms with E-state index in [0.717, 1.165) is 0 Å². The van der Waals surface area contributed by atoms with Crippen LogP contribution in [-0.4, -0.2) is 21.6 Å². The molecule has 0 unspecified atom stereocenters. The molecule has 0 aliphatic rings. The molecule has 0 amide bonds. The molecule has 0 aliphatic heterocycles. The third-order valence-electron chi connectivity index (χ3n) is 3.07. The van der Waals surface area contributed by atoms with E-state index >= 15 is 0 Å². The molecular weight excluding hydrogens is 230 g/mol. The molecule has 1 rings (SSSR count). The second-order valence-corrected chi connectivity index (χ2v) is 4.21. The number of nitrogens with zero attached hydrogens (tertiary/aromatic N) is 2. The lowest BCUT2D eigenvalue weighted by Gasteiger charge is -2.28. The second-order valence-electron chi connectivity index (χ2n) is 4.21. The highest BCUT2D eigenvalue weighted by molar-refractivity contribution is 5.82. The molecule has 5 heteroatoms. The zero-order valence-electron chi connectivity index (χ0n) is 10.8. The zero-order valence-corrected chi connectivity index (χ0v) is 10.8. The van der Waals surface area contributed by atoms with Gasteiger partial charge in [0.1, 0.15) is 11.4 Å². The number of carbonyl (C=O) groups is 1. The van der Waals surface area contributed by atoms with E-state index in [0.29, 0.717) is 29.9 Å². The predicted molar refractivity (Wildman–Crippen MR) is 68.3 cm³/mol. The van der Waals surface area contributed by atoms with Crippen LogP contribution in [-0.2, 0) is 4.79 Å². The molecule has 1 aromatic rings. The van der Waals surface area contributed by atoms with Crippen molar-refractivity contribution in [2.45, 2.75) is 39.2 Å². The molecule has 1 heterocycles. The minimum absolute atomic E-state index is 0.428. The number of anilines is 1. The number of rotatable bonds is 5. The van der Waals surface area contributed by atoms with Gasteiger partial charge in [-0.3, -0.25) is 0 Å². The molecule has 5 nitrogen and oxygen atoms in total. The first kappa shape index (κ1) is 14.0. The van der Waals surface area contributed by atoms with Gasteiger partial charge in [0, 0.05) is 5.69 Å². The number of nitrogens with one attached hydrogen (secondary N) is 1. The fraction of sp³-hybridized carbons (Fsp3) is 0.462. The monoisotopic (exact) mass is 247 g/mol. The summed E-state index contributed by atoms with van der Waals surface area (Å²) in [4.78, 5) is 15.6. The maximum Gasteiger partial charge on any atom is 0.329 e. The first-order valence-corrected chi connectivity index (χ1v) is 5.87. The third kappa shape index (κ3) is 2.77. The molecule has 18 heavy (non-hydrogen) atoms. The number of pyridine rings is 1. The molecule has 0 fully saturated rings. The average molecular weight is 247 g/mol. The van der Waals surface area contributed by atoms with E-state index < -0.39 is 11.5 Å². The van der Waals surface area contributed by atoms with Crippen LogP contribution in [0.5, 0.6) is 0 Å². The zero-order chi connectivity index (χ0) is 13.8. The van der Waals surface area contributed by atoms with E-state index in [4.69, 9.17) is 5.26 Å². The Kier molecular flexibility index (Phi) is 4.27. The van der Waals surface area contributed by atoms with Crippen LogP contribution >= 0.6 is 0 Å². The Morgan fingerprint density at radius 1 is 1.50 bits per heavy atom. The van der Waals surface area contributed by atoms with Gasteiger partial charge in [0.25, 0.3) is 0 Å². The molecular formula is C13H17N3O2. The highest BCUT2D eigenvalue weighted by Gasteiger charge is 2.35. The van der Waals surface area contributed by atoms with Gasteiger partial charge in [0.15, 0.2) is 0 Å². The van der Waals surface area contributed by atoms with Crippen molar-refractivity contribution < 1.29 is 9.90 Å². The molecule has 0 aliphatic carbocycles. The third-order valence-corrected chi connectivity index (χ3v) is 3.07. The lowest BCUT2D eigenvalue weighted by Crippen LogP contribution is -2.45. The minimum Gasteiger partial charge on any atom is -0.480 e. The summed E-state index contributed by atoms with van der Waals surface area (Å²) >= 11 is 0. The summed E-state index contributed by atoms with van der Waals surface area (Å²) in [6.45, 7) is 5.39. The molecule has 0 radical (unpaired) electrons. The van der Waals surface area contributed by atoms with Crippen molar-refractivity contribution in [2.24, 2.45) is 0 Å². The summed E-state index contributed by atoms with van der Waals surface area (Å²) in [7, 11) is 0. The van der Waals surface area contributed by atoms with Crippen molar-refractivity contribution in [3.63, 3.8) is 0 Å².